The first-order chi connectivity index (χ1) is 18.6. The predicted molar refractivity (Wildman–Crippen MR) is 157 cm³/mol. The van der Waals surface area contributed by atoms with Gasteiger partial charge in [0.1, 0.15) is 12.4 Å². The van der Waals surface area contributed by atoms with Gasteiger partial charge in [-0.1, -0.05) is 68.3 Å². The minimum absolute atomic E-state index is 0.0381. The molecule has 2 atom stereocenters. The molecule has 0 aliphatic carbocycles. The number of rotatable bonds is 6. The topological polar surface area (TPSA) is 76.5 Å². The van der Waals surface area contributed by atoms with Gasteiger partial charge in [0, 0.05) is 24.1 Å². The Morgan fingerprint density at radius 2 is 1.90 bits per heavy atom. The molecule has 5 rings (SSSR count). The highest BCUT2D eigenvalue weighted by atomic mass is 32.2. The first-order valence-corrected chi connectivity index (χ1v) is 14.7. The SMILES string of the molecule is Cc1ccc(-n2nc(C(C)(C)C)c3c2N(CC(=O)NC[C@H]2CCCO2)C(=O)CS[C@@H]3c2cccc(C)c2)cc1. The molecule has 0 spiro atoms. The quantitative estimate of drug-likeness (QED) is 0.457. The van der Waals surface area contributed by atoms with Crippen molar-refractivity contribution in [1.82, 2.24) is 15.1 Å². The van der Waals surface area contributed by atoms with Crippen molar-refractivity contribution < 1.29 is 14.3 Å². The fourth-order valence-electron chi connectivity index (χ4n) is 5.27. The van der Waals surface area contributed by atoms with E-state index in [0.29, 0.717) is 12.4 Å². The number of aromatic nitrogens is 2. The smallest absolute Gasteiger partial charge is 0.240 e. The lowest BCUT2D eigenvalue weighted by atomic mass is 9.87. The molecule has 8 heteroatoms. The van der Waals surface area contributed by atoms with Gasteiger partial charge in [0.05, 0.1) is 28.5 Å². The number of nitrogens with zero attached hydrogens (tertiary/aromatic N) is 3. The van der Waals surface area contributed by atoms with E-state index in [0.717, 1.165) is 47.5 Å². The van der Waals surface area contributed by atoms with Crippen LogP contribution in [0.5, 0.6) is 0 Å². The summed E-state index contributed by atoms with van der Waals surface area (Å²) in [5.41, 5.74) is 5.94. The Hall–Kier alpha value is -3.10. The van der Waals surface area contributed by atoms with Gasteiger partial charge < -0.3 is 10.1 Å². The lowest BCUT2D eigenvalue weighted by Gasteiger charge is -2.25. The van der Waals surface area contributed by atoms with Gasteiger partial charge in [0.25, 0.3) is 0 Å². The molecular formula is C31H38N4O3S. The van der Waals surface area contributed by atoms with E-state index in [2.05, 4.69) is 57.3 Å². The third kappa shape index (κ3) is 5.92. The molecular weight excluding hydrogens is 508 g/mol. The second kappa shape index (κ2) is 11.2. The van der Waals surface area contributed by atoms with E-state index in [1.165, 1.54) is 5.56 Å². The van der Waals surface area contributed by atoms with Crippen molar-refractivity contribution in [2.75, 3.05) is 30.3 Å². The number of benzene rings is 2. The number of amides is 2. The molecule has 1 fully saturated rings. The maximum absolute atomic E-state index is 13.8. The largest absolute Gasteiger partial charge is 0.376 e. The number of aryl methyl sites for hydroxylation is 2. The number of anilines is 1. The summed E-state index contributed by atoms with van der Waals surface area (Å²) in [6.45, 7) is 11.7. The second-order valence-electron chi connectivity index (χ2n) is 11.6. The van der Waals surface area contributed by atoms with Crippen LogP contribution < -0.4 is 10.2 Å². The molecule has 206 valence electrons. The van der Waals surface area contributed by atoms with E-state index >= 15 is 0 Å². The molecule has 2 amide bonds. The van der Waals surface area contributed by atoms with Crippen LogP contribution in [0.2, 0.25) is 0 Å². The highest BCUT2D eigenvalue weighted by Gasteiger charge is 2.40. The minimum Gasteiger partial charge on any atom is -0.376 e. The fraction of sp³-hybridized carbons (Fsp3) is 0.452. The van der Waals surface area contributed by atoms with Crippen LogP contribution in [0.25, 0.3) is 5.69 Å². The first kappa shape index (κ1) is 27.5. The molecule has 1 N–H and O–H groups in total. The maximum atomic E-state index is 13.8. The van der Waals surface area contributed by atoms with Crippen LogP contribution in [0.15, 0.2) is 48.5 Å². The molecule has 7 nitrogen and oxygen atoms in total. The number of hydrogen-bond donors (Lipinski definition) is 1. The molecule has 2 aliphatic heterocycles. The molecule has 3 heterocycles. The van der Waals surface area contributed by atoms with Gasteiger partial charge in [-0.15, -0.1) is 11.8 Å². The van der Waals surface area contributed by atoms with E-state index in [4.69, 9.17) is 9.84 Å². The van der Waals surface area contributed by atoms with Crippen molar-refractivity contribution in [1.29, 1.82) is 0 Å². The number of carbonyl (C=O) groups is 2. The van der Waals surface area contributed by atoms with Crippen LogP contribution in [-0.4, -0.2) is 53.1 Å². The average Bonchev–Trinajstić information content (AvgIpc) is 3.52. The molecule has 1 aromatic heterocycles. The van der Waals surface area contributed by atoms with Gasteiger partial charge in [-0.3, -0.25) is 14.5 Å². The Morgan fingerprint density at radius 3 is 2.56 bits per heavy atom. The molecule has 2 aliphatic rings. The number of fused-ring (bicyclic) bond motifs is 1. The number of ether oxygens (including phenoxy) is 1. The van der Waals surface area contributed by atoms with Crippen molar-refractivity contribution in [2.24, 2.45) is 0 Å². The van der Waals surface area contributed by atoms with Gasteiger partial charge in [-0.25, -0.2) is 4.68 Å². The predicted octanol–water partition coefficient (Wildman–Crippen LogP) is 5.25. The maximum Gasteiger partial charge on any atom is 0.240 e. The molecule has 2 aromatic carbocycles. The average molecular weight is 547 g/mol. The monoisotopic (exact) mass is 546 g/mol. The number of thioether (sulfide) groups is 1. The van der Waals surface area contributed by atoms with Crippen molar-refractivity contribution in [2.45, 2.75) is 64.2 Å². The molecule has 0 saturated carbocycles. The molecule has 3 aromatic rings. The highest BCUT2D eigenvalue weighted by Crippen LogP contribution is 2.48. The lowest BCUT2D eigenvalue weighted by molar-refractivity contribution is -0.123. The van der Waals surface area contributed by atoms with Crippen molar-refractivity contribution in [3.63, 3.8) is 0 Å². The summed E-state index contributed by atoms with van der Waals surface area (Å²) in [4.78, 5) is 28.6. The number of carbonyl (C=O) groups excluding carboxylic acids is 2. The Bertz CT molecular complexity index is 1350. The normalized spacial score (nSPS) is 19.6. The summed E-state index contributed by atoms with van der Waals surface area (Å²) in [5.74, 6) is 0.650. The first-order valence-electron chi connectivity index (χ1n) is 13.7. The van der Waals surface area contributed by atoms with Crippen LogP contribution in [-0.2, 0) is 19.7 Å². The summed E-state index contributed by atoms with van der Waals surface area (Å²) in [6, 6.07) is 16.6. The third-order valence-corrected chi connectivity index (χ3v) is 8.53. The van der Waals surface area contributed by atoms with Crippen LogP contribution in [0, 0.1) is 13.8 Å². The number of hydrogen-bond acceptors (Lipinski definition) is 5. The standard InChI is InChI=1S/C31H38N4O3S/c1-20-11-13-23(14-12-20)35-30-27(29(33-35)31(3,4)5)28(22-9-6-8-21(2)16-22)39-19-26(37)34(30)18-25(36)32-17-24-10-7-15-38-24/h6,8-9,11-14,16,24,28H,7,10,15,17-19H2,1-5H3,(H,32,36)/t24-,28-/m1/s1. The zero-order valence-corrected chi connectivity index (χ0v) is 24.3. The second-order valence-corrected chi connectivity index (χ2v) is 12.7. The summed E-state index contributed by atoms with van der Waals surface area (Å²) >= 11 is 1.61. The van der Waals surface area contributed by atoms with Gasteiger partial charge in [0.15, 0.2) is 0 Å². The Balaban J connectivity index is 1.65. The minimum atomic E-state index is -0.288. The zero-order valence-electron chi connectivity index (χ0n) is 23.5. The highest BCUT2D eigenvalue weighted by molar-refractivity contribution is 8.00. The van der Waals surface area contributed by atoms with Gasteiger partial charge in [-0.05, 0) is 44.4 Å². The lowest BCUT2D eigenvalue weighted by Crippen LogP contribution is -2.44. The van der Waals surface area contributed by atoms with E-state index < -0.39 is 0 Å². The Morgan fingerprint density at radius 1 is 1.13 bits per heavy atom. The molecule has 0 bridgehead atoms. The van der Waals surface area contributed by atoms with Crippen molar-refractivity contribution in [3.8, 4) is 5.69 Å². The van der Waals surface area contributed by atoms with E-state index in [1.807, 2.05) is 35.9 Å². The molecule has 0 radical (unpaired) electrons. The zero-order chi connectivity index (χ0) is 27.7. The van der Waals surface area contributed by atoms with Gasteiger partial charge in [0.2, 0.25) is 11.8 Å². The summed E-state index contributed by atoms with van der Waals surface area (Å²) < 4.78 is 7.55. The summed E-state index contributed by atoms with van der Waals surface area (Å²) in [5, 5.41) is 8.07. The molecule has 1 saturated heterocycles. The van der Waals surface area contributed by atoms with E-state index in [1.54, 1.807) is 16.7 Å². The fourth-order valence-corrected chi connectivity index (χ4v) is 6.46. The van der Waals surface area contributed by atoms with E-state index in [-0.39, 0.29) is 40.9 Å². The summed E-state index contributed by atoms with van der Waals surface area (Å²) in [6.07, 6.45) is 1.99. The molecule has 0 unspecified atom stereocenters. The van der Waals surface area contributed by atoms with Gasteiger partial charge >= 0.3 is 0 Å². The van der Waals surface area contributed by atoms with Crippen LogP contribution >= 0.6 is 11.8 Å². The Kier molecular flexibility index (Phi) is 7.87. The van der Waals surface area contributed by atoms with Crippen molar-refractivity contribution >= 4 is 29.4 Å². The summed E-state index contributed by atoms with van der Waals surface area (Å²) in [7, 11) is 0. The third-order valence-electron chi connectivity index (χ3n) is 7.28. The van der Waals surface area contributed by atoms with E-state index in [9.17, 15) is 9.59 Å². The number of nitrogens with one attached hydrogen (secondary N) is 1. The van der Waals surface area contributed by atoms with Crippen LogP contribution in [0.3, 0.4) is 0 Å². The van der Waals surface area contributed by atoms with Crippen LogP contribution in [0.1, 0.15) is 66.8 Å². The Labute approximate surface area is 235 Å². The van der Waals surface area contributed by atoms with Crippen LogP contribution in [0.4, 0.5) is 5.82 Å². The van der Waals surface area contributed by atoms with Gasteiger partial charge in [-0.2, -0.15) is 5.10 Å². The van der Waals surface area contributed by atoms with Crippen molar-refractivity contribution in [3.05, 3.63) is 76.5 Å². The molecule has 39 heavy (non-hydrogen) atoms.